The predicted molar refractivity (Wildman–Crippen MR) is 125 cm³/mol. The largest absolute Gasteiger partial charge is 0.446 e. The third-order valence-electron chi connectivity index (χ3n) is 5.74. The first-order valence-corrected chi connectivity index (χ1v) is 11.3. The Bertz CT molecular complexity index is 1070. The van der Waals surface area contributed by atoms with Crippen LogP contribution in [-0.4, -0.2) is 44.5 Å². The highest BCUT2D eigenvalue weighted by Gasteiger charge is 2.27. The molecule has 0 radical (unpaired) electrons. The number of nitrogens with one attached hydrogen (secondary N) is 2. The van der Waals surface area contributed by atoms with Gasteiger partial charge in [0.25, 0.3) is 0 Å². The van der Waals surface area contributed by atoms with Crippen LogP contribution in [0.25, 0.3) is 22.3 Å². The Morgan fingerprint density at radius 2 is 1.88 bits per heavy atom. The summed E-state index contributed by atoms with van der Waals surface area (Å²) in [4.78, 5) is 21.2. The average Bonchev–Trinajstić information content (AvgIpc) is 3.12. The molecule has 1 aliphatic rings. The highest BCUT2D eigenvalue weighted by Crippen LogP contribution is 2.31. The van der Waals surface area contributed by atoms with Crippen LogP contribution in [0.1, 0.15) is 46.5 Å². The molecule has 2 aromatic heterocycles. The van der Waals surface area contributed by atoms with Crippen LogP contribution in [0, 0.1) is 5.92 Å². The zero-order valence-electron chi connectivity index (χ0n) is 19.3. The Labute approximate surface area is 188 Å². The minimum Gasteiger partial charge on any atom is -0.446 e. The van der Waals surface area contributed by atoms with Gasteiger partial charge in [0.15, 0.2) is 5.65 Å². The van der Waals surface area contributed by atoms with E-state index in [9.17, 15) is 4.79 Å². The summed E-state index contributed by atoms with van der Waals surface area (Å²) in [6, 6.07) is 10.1. The van der Waals surface area contributed by atoms with E-state index < -0.39 is 0 Å². The first-order valence-electron chi connectivity index (χ1n) is 11.3. The maximum atomic E-state index is 12.1. The average molecular weight is 437 g/mol. The number of hydrogen-bond donors (Lipinski definition) is 2. The molecule has 2 N–H and O–H groups in total. The molecule has 0 bridgehead atoms. The number of alkyl carbamates (subject to hydrolysis) is 1. The highest BCUT2D eigenvalue weighted by atomic mass is 16.6. The molecule has 3 aromatic rings. The number of hydrogen-bond acceptors (Lipinski definition) is 6. The zero-order chi connectivity index (χ0) is 22.7. The SMILES string of the molecule is CNc1ncc2c(-c3ccccc3)nn(C[C@H]3CC[C@H](OC(=O)NC(C)(C)C)CC3)c2n1. The van der Waals surface area contributed by atoms with Gasteiger partial charge >= 0.3 is 6.09 Å². The van der Waals surface area contributed by atoms with E-state index >= 15 is 0 Å². The van der Waals surface area contributed by atoms with E-state index in [1.54, 1.807) is 0 Å². The summed E-state index contributed by atoms with van der Waals surface area (Å²) in [5.74, 6) is 1.04. The van der Waals surface area contributed by atoms with Crippen LogP contribution in [0.5, 0.6) is 0 Å². The van der Waals surface area contributed by atoms with Gasteiger partial charge in [0.1, 0.15) is 11.8 Å². The number of fused-ring (bicyclic) bond motifs is 1. The summed E-state index contributed by atoms with van der Waals surface area (Å²) in [6.45, 7) is 6.63. The standard InChI is InChI=1S/C24H32N6O2/c1-24(2,3)28-23(31)32-18-12-10-16(11-13-18)15-30-21-19(14-26-22(25-4)27-21)20(29-30)17-8-6-5-7-9-17/h5-9,14,16,18H,10-13,15H2,1-4H3,(H,28,31)(H,25,26,27)/t16-,18-. The van der Waals surface area contributed by atoms with Crippen molar-refractivity contribution in [1.29, 1.82) is 0 Å². The Hall–Kier alpha value is -3.16. The van der Waals surface area contributed by atoms with E-state index in [4.69, 9.17) is 14.8 Å². The number of carbonyl (C=O) groups excluding carboxylic acids is 1. The number of carbonyl (C=O) groups is 1. The molecule has 0 atom stereocenters. The lowest BCUT2D eigenvalue weighted by molar-refractivity contribution is 0.0575. The van der Waals surface area contributed by atoms with Crippen LogP contribution in [0.2, 0.25) is 0 Å². The van der Waals surface area contributed by atoms with Crippen LogP contribution >= 0.6 is 0 Å². The zero-order valence-corrected chi connectivity index (χ0v) is 19.3. The van der Waals surface area contributed by atoms with Gasteiger partial charge in [-0.1, -0.05) is 30.3 Å². The molecule has 1 fully saturated rings. The molecule has 1 amide bonds. The number of nitrogens with zero attached hydrogens (tertiary/aromatic N) is 4. The number of aromatic nitrogens is 4. The Kier molecular flexibility index (Phi) is 6.30. The van der Waals surface area contributed by atoms with Gasteiger partial charge in [-0.2, -0.15) is 10.1 Å². The van der Waals surface area contributed by atoms with E-state index in [1.165, 1.54) is 0 Å². The Balaban J connectivity index is 1.47. The van der Waals surface area contributed by atoms with Crippen molar-refractivity contribution < 1.29 is 9.53 Å². The highest BCUT2D eigenvalue weighted by molar-refractivity contribution is 5.91. The first-order chi connectivity index (χ1) is 15.3. The van der Waals surface area contributed by atoms with Gasteiger partial charge in [-0.15, -0.1) is 0 Å². The van der Waals surface area contributed by atoms with Crippen molar-refractivity contribution in [3.05, 3.63) is 36.5 Å². The van der Waals surface area contributed by atoms with Gasteiger partial charge in [0.2, 0.25) is 5.95 Å². The van der Waals surface area contributed by atoms with E-state index in [0.29, 0.717) is 11.9 Å². The van der Waals surface area contributed by atoms with Crippen LogP contribution in [0.4, 0.5) is 10.7 Å². The van der Waals surface area contributed by atoms with Gasteiger partial charge in [-0.3, -0.25) is 0 Å². The summed E-state index contributed by atoms with van der Waals surface area (Å²) in [5.41, 5.74) is 2.50. The topological polar surface area (TPSA) is 94.0 Å². The molecule has 8 heteroatoms. The first kappa shape index (κ1) is 22.0. The van der Waals surface area contributed by atoms with Crippen molar-refractivity contribution in [2.45, 2.75) is 64.6 Å². The molecule has 32 heavy (non-hydrogen) atoms. The molecule has 0 saturated heterocycles. The quantitative estimate of drug-likeness (QED) is 0.606. The number of rotatable bonds is 5. The summed E-state index contributed by atoms with van der Waals surface area (Å²) in [6.07, 6.45) is 5.19. The maximum absolute atomic E-state index is 12.1. The lowest BCUT2D eigenvalue weighted by Gasteiger charge is -2.29. The molecule has 0 aliphatic heterocycles. The minimum atomic E-state index is -0.331. The number of ether oxygens (including phenoxy) is 1. The van der Waals surface area contributed by atoms with E-state index in [-0.39, 0.29) is 17.7 Å². The minimum absolute atomic E-state index is 0.0268. The third kappa shape index (κ3) is 5.18. The predicted octanol–water partition coefficient (Wildman–Crippen LogP) is 4.62. The lowest BCUT2D eigenvalue weighted by atomic mass is 9.87. The molecule has 2 heterocycles. The van der Waals surface area contributed by atoms with Crippen LogP contribution in [0.3, 0.4) is 0 Å². The Morgan fingerprint density at radius 3 is 2.53 bits per heavy atom. The number of benzene rings is 1. The summed E-state index contributed by atoms with van der Waals surface area (Å²) in [7, 11) is 1.82. The van der Waals surface area contributed by atoms with Gasteiger partial charge < -0.3 is 15.4 Å². The molecule has 1 aromatic carbocycles. The molecular weight excluding hydrogens is 404 g/mol. The van der Waals surface area contributed by atoms with Gasteiger partial charge in [-0.05, 0) is 52.4 Å². The monoisotopic (exact) mass is 436 g/mol. The van der Waals surface area contributed by atoms with Crippen molar-refractivity contribution in [2.75, 3.05) is 12.4 Å². The molecule has 170 valence electrons. The van der Waals surface area contributed by atoms with Crippen molar-refractivity contribution in [3.8, 4) is 11.3 Å². The lowest BCUT2D eigenvalue weighted by Crippen LogP contribution is -2.42. The van der Waals surface area contributed by atoms with E-state index in [2.05, 4.69) is 27.8 Å². The number of amides is 1. The second kappa shape index (κ2) is 9.14. The molecule has 1 aliphatic carbocycles. The number of anilines is 1. The summed E-state index contributed by atoms with van der Waals surface area (Å²) in [5, 5.41) is 11.8. The molecule has 1 saturated carbocycles. The van der Waals surface area contributed by atoms with Crippen LogP contribution in [0.15, 0.2) is 36.5 Å². The molecule has 4 rings (SSSR count). The van der Waals surface area contributed by atoms with E-state index in [0.717, 1.165) is 54.5 Å². The fourth-order valence-electron chi connectivity index (χ4n) is 4.18. The smallest absolute Gasteiger partial charge is 0.407 e. The molecular formula is C24H32N6O2. The van der Waals surface area contributed by atoms with Crippen LogP contribution < -0.4 is 10.6 Å². The van der Waals surface area contributed by atoms with Gasteiger partial charge in [0, 0.05) is 30.9 Å². The van der Waals surface area contributed by atoms with Crippen molar-refractivity contribution >= 4 is 23.1 Å². The summed E-state index contributed by atoms with van der Waals surface area (Å²) < 4.78 is 7.64. The second-order valence-corrected chi connectivity index (χ2v) is 9.50. The Morgan fingerprint density at radius 1 is 1.16 bits per heavy atom. The molecule has 8 nitrogen and oxygen atoms in total. The third-order valence-corrected chi connectivity index (χ3v) is 5.74. The molecule has 0 unspecified atom stereocenters. The summed E-state index contributed by atoms with van der Waals surface area (Å²) >= 11 is 0. The normalized spacial score (nSPS) is 19.0. The maximum Gasteiger partial charge on any atom is 0.407 e. The molecule has 0 spiro atoms. The van der Waals surface area contributed by atoms with Crippen LogP contribution in [-0.2, 0) is 11.3 Å². The van der Waals surface area contributed by atoms with E-state index in [1.807, 2.05) is 56.9 Å². The fourth-order valence-corrected chi connectivity index (χ4v) is 4.18. The van der Waals surface area contributed by atoms with Gasteiger partial charge in [0.05, 0.1) is 5.39 Å². The van der Waals surface area contributed by atoms with Gasteiger partial charge in [-0.25, -0.2) is 14.5 Å². The second-order valence-electron chi connectivity index (χ2n) is 9.50. The fraction of sp³-hybridized carbons (Fsp3) is 0.500. The van der Waals surface area contributed by atoms with Crippen molar-refractivity contribution in [3.63, 3.8) is 0 Å². The van der Waals surface area contributed by atoms with Crippen molar-refractivity contribution in [2.24, 2.45) is 5.92 Å². The van der Waals surface area contributed by atoms with Crippen molar-refractivity contribution in [1.82, 2.24) is 25.1 Å².